The molecule has 0 aliphatic heterocycles. The average Bonchev–Trinajstić information content (AvgIpc) is 3.19. The number of halogens is 1. The highest BCUT2D eigenvalue weighted by Gasteiger charge is 2.21. The van der Waals surface area contributed by atoms with Crippen LogP contribution < -0.4 is 5.56 Å². The monoisotopic (exact) mass is 434 g/mol. The molecule has 0 saturated carbocycles. The maximum atomic E-state index is 15.3. The number of hydrogen-bond donors (Lipinski definition) is 1. The van der Waals surface area contributed by atoms with Crippen LogP contribution in [0.1, 0.15) is 56.7 Å². The van der Waals surface area contributed by atoms with Gasteiger partial charge in [-0.25, -0.2) is 14.1 Å². The van der Waals surface area contributed by atoms with Crippen LogP contribution in [0.3, 0.4) is 0 Å². The van der Waals surface area contributed by atoms with Gasteiger partial charge in [-0.15, -0.1) is 0 Å². The van der Waals surface area contributed by atoms with Crippen LogP contribution in [0.25, 0.3) is 27.8 Å². The van der Waals surface area contributed by atoms with Gasteiger partial charge >= 0.3 is 0 Å². The van der Waals surface area contributed by atoms with E-state index in [1.54, 1.807) is 22.2 Å². The third-order valence-electron chi connectivity index (χ3n) is 5.75. The first-order valence-corrected chi connectivity index (χ1v) is 10.8. The highest BCUT2D eigenvalue weighted by Crippen LogP contribution is 2.31. The molecule has 0 spiro atoms. The summed E-state index contributed by atoms with van der Waals surface area (Å²) in [6.45, 7) is 10.0. The molecule has 32 heavy (non-hydrogen) atoms. The van der Waals surface area contributed by atoms with Crippen molar-refractivity contribution in [3.8, 4) is 17.1 Å². The van der Waals surface area contributed by atoms with Crippen LogP contribution in [-0.2, 0) is 6.54 Å². The van der Waals surface area contributed by atoms with E-state index in [1.807, 2.05) is 58.2 Å². The van der Waals surface area contributed by atoms with Gasteiger partial charge in [0.05, 0.1) is 16.6 Å². The van der Waals surface area contributed by atoms with Crippen LogP contribution in [0.15, 0.2) is 47.4 Å². The van der Waals surface area contributed by atoms with Gasteiger partial charge in [0.15, 0.2) is 11.6 Å². The molecule has 1 N–H and O–H groups in total. The minimum Gasteiger partial charge on any atom is -0.385 e. The zero-order chi connectivity index (χ0) is 23.2. The summed E-state index contributed by atoms with van der Waals surface area (Å²) >= 11 is 0. The SMILES string of the molecule is CCn1nc(-c2cc3c(C(C)C)cn(-c4ccccc4C)c(=O)c3cc2F)nc1C(C)O. The van der Waals surface area contributed by atoms with E-state index in [-0.39, 0.29) is 22.9 Å². The Labute approximate surface area is 186 Å². The number of para-hydroxylation sites is 1. The van der Waals surface area contributed by atoms with E-state index in [0.717, 1.165) is 16.8 Å². The Hall–Kier alpha value is -3.32. The van der Waals surface area contributed by atoms with Crippen molar-refractivity contribution in [2.24, 2.45) is 0 Å². The molecule has 1 unspecified atom stereocenters. The number of rotatable bonds is 5. The van der Waals surface area contributed by atoms with Crippen LogP contribution in [0.4, 0.5) is 4.39 Å². The number of fused-ring (bicyclic) bond motifs is 1. The topological polar surface area (TPSA) is 72.9 Å². The predicted molar refractivity (Wildman–Crippen MR) is 124 cm³/mol. The number of nitrogens with zero attached hydrogens (tertiary/aromatic N) is 4. The summed E-state index contributed by atoms with van der Waals surface area (Å²) in [6, 6.07) is 10.6. The van der Waals surface area contributed by atoms with Gasteiger partial charge in [-0.3, -0.25) is 9.36 Å². The smallest absolute Gasteiger partial charge is 0.263 e. The Balaban J connectivity index is 2.01. The van der Waals surface area contributed by atoms with Gasteiger partial charge < -0.3 is 5.11 Å². The van der Waals surface area contributed by atoms with E-state index >= 15 is 4.39 Å². The van der Waals surface area contributed by atoms with Crippen LogP contribution >= 0.6 is 0 Å². The molecular weight excluding hydrogens is 407 g/mol. The molecule has 6 nitrogen and oxygen atoms in total. The van der Waals surface area contributed by atoms with Gasteiger partial charge in [-0.05, 0) is 61.4 Å². The fourth-order valence-electron chi connectivity index (χ4n) is 4.04. The van der Waals surface area contributed by atoms with Crippen molar-refractivity contribution in [2.45, 2.75) is 53.2 Å². The van der Waals surface area contributed by atoms with Gasteiger partial charge in [0.1, 0.15) is 11.9 Å². The molecular formula is C25H27FN4O2. The molecule has 0 saturated heterocycles. The van der Waals surface area contributed by atoms with Gasteiger partial charge in [0, 0.05) is 12.7 Å². The van der Waals surface area contributed by atoms with Crippen LogP contribution in [0.2, 0.25) is 0 Å². The largest absolute Gasteiger partial charge is 0.385 e. The van der Waals surface area contributed by atoms with Gasteiger partial charge in [0.25, 0.3) is 5.56 Å². The Kier molecular flexibility index (Phi) is 5.69. The van der Waals surface area contributed by atoms with Crippen LogP contribution in [0.5, 0.6) is 0 Å². The summed E-state index contributed by atoms with van der Waals surface area (Å²) in [5.74, 6) is 0.0964. The lowest BCUT2D eigenvalue weighted by Crippen LogP contribution is -2.20. The van der Waals surface area contributed by atoms with Gasteiger partial charge in [-0.1, -0.05) is 32.0 Å². The molecule has 0 aliphatic rings. The molecule has 0 bridgehead atoms. The van der Waals surface area contributed by atoms with E-state index in [2.05, 4.69) is 10.1 Å². The van der Waals surface area contributed by atoms with Crippen molar-refractivity contribution >= 4 is 10.8 Å². The number of aromatic nitrogens is 4. The minimum absolute atomic E-state index is 0.0980. The van der Waals surface area contributed by atoms with Gasteiger partial charge in [-0.2, -0.15) is 5.10 Å². The van der Waals surface area contributed by atoms with E-state index in [0.29, 0.717) is 23.1 Å². The Morgan fingerprint density at radius 2 is 1.84 bits per heavy atom. The molecule has 1 atom stereocenters. The summed E-state index contributed by atoms with van der Waals surface area (Å²) in [7, 11) is 0. The number of aliphatic hydroxyl groups is 1. The molecule has 0 amide bonds. The Morgan fingerprint density at radius 3 is 2.44 bits per heavy atom. The second-order valence-electron chi connectivity index (χ2n) is 8.36. The van der Waals surface area contributed by atoms with Crippen LogP contribution in [0, 0.1) is 12.7 Å². The second-order valence-corrected chi connectivity index (χ2v) is 8.36. The molecule has 4 rings (SSSR count). The summed E-state index contributed by atoms with van der Waals surface area (Å²) in [4.78, 5) is 17.7. The highest BCUT2D eigenvalue weighted by atomic mass is 19.1. The molecule has 166 valence electrons. The van der Waals surface area contributed by atoms with Crippen molar-refractivity contribution in [1.29, 1.82) is 0 Å². The van der Waals surface area contributed by atoms with Crippen molar-refractivity contribution in [2.75, 3.05) is 0 Å². The number of pyridine rings is 1. The number of benzene rings is 2. The number of aliphatic hydroxyl groups excluding tert-OH is 1. The summed E-state index contributed by atoms with van der Waals surface area (Å²) in [5, 5.41) is 15.4. The van der Waals surface area contributed by atoms with Crippen LogP contribution in [-0.4, -0.2) is 24.4 Å². The maximum Gasteiger partial charge on any atom is 0.263 e. The molecule has 0 radical (unpaired) electrons. The molecule has 2 heterocycles. The lowest BCUT2D eigenvalue weighted by atomic mass is 9.96. The number of hydrogen-bond acceptors (Lipinski definition) is 4. The molecule has 2 aromatic carbocycles. The third kappa shape index (κ3) is 3.62. The third-order valence-corrected chi connectivity index (χ3v) is 5.75. The van der Waals surface area contributed by atoms with E-state index in [9.17, 15) is 9.90 Å². The van der Waals surface area contributed by atoms with Gasteiger partial charge in [0.2, 0.25) is 0 Å². The zero-order valence-electron chi connectivity index (χ0n) is 18.9. The zero-order valence-corrected chi connectivity index (χ0v) is 18.9. The van der Waals surface area contributed by atoms with E-state index < -0.39 is 11.9 Å². The Morgan fingerprint density at radius 1 is 1.12 bits per heavy atom. The number of aryl methyl sites for hydroxylation is 2. The quantitative estimate of drug-likeness (QED) is 0.485. The Bertz CT molecular complexity index is 1370. The molecule has 0 aliphatic carbocycles. The maximum absolute atomic E-state index is 15.3. The van der Waals surface area contributed by atoms with Crippen molar-refractivity contribution in [3.63, 3.8) is 0 Å². The molecule has 4 aromatic rings. The predicted octanol–water partition coefficient (Wildman–Crippen LogP) is 4.89. The first-order valence-electron chi connectivity index (χ1n) is 10.8. The van der Waals surface area contributed by atoms with Crippen molar-refractivity contribution in [3.05, 3.63) is 75.7 Å². The average molecular weight is 435 g/mol. The molecule has 2 aromatic heterocycles. The summed E-state index contributed by atoms with van der Waals surface area (Å²) in [6.07, 6.45) is 1.02. The normalized spacial score (nSPS) is 12.6. The first-order chi connectivity index (χ1) is 15.2. The fourth-order valence-corrected chi connectivity index (χ4v) is 4.04. The van der Waals surface area contributed by atoms with E-state index in [1.165, 1.54) is 6.07 Å². The second kappa shape index (κ2) is 8.31. The standard InChI is InChI=1S/C25H27FN4O2/c1-6-30-24(16(5)31)27-23(28-30)19-11-17-18(12-21(19)26)25(32)29(13-20(17)14(2)3)22-10-8-7-9-15(22)4/h7-14,16,31H,6H2,1-5H3. The highest BCUT2D eigenvalue weighted by molar-refractivity contribution is 5.89. The minimum atomic E-state index is -0.827. The molecule has 0 fully saturated rings. The lowest BCUT2D eigenvalue weighted by molar-refractivity contribution is 0.182. The molecule has 7 heteroatoms. The van der Waals surface area contributed by atoms with Crippen molar-refractivity contribution < 1.29 is 9.50 Å². The van der Waals surface area contributed by atoms with E-state index in [4.69, 9.17) is 0 Å². The lowest BCUT2D eigenvalue weighted by Gasteiger charge is -2.17. The van der Waals surface area contributed by atoms with Crippen molar-refractivity contribution in [1.82, 2.24) is 19.3 Å². The summed E-state index contributed by atoms with van der Waals surface area (Å²) < 4.78 is 18.4. The summed E-state index contributed by atoms with van der Waals surface area (Å²) in [5.41, 5.74) is 2.59. The first kappa shape index (κ1) is 21.9. The fraction of sp³-hybridized carbons (Fsp3) is 0.320.